The van der Waals surface area contributed by atoms with Crippen LogP contribution in [0.1, 0.15) is 17.8 Å². The predicted molar refractivity (Wildman–Crippen MR) is 129 cm³/mol. The molecule has 176 valence electrons. The van der Waals surface area contributed by atoms with Crippen LogP contribution in [0.3, 0.4) is 0 Å². The third-order valence-corrected chi connectivity index (χ3v) is 6.06. The average Bonchev–Trinajstić information content (AvgIpc) is 3.30. The summed E-state index contributed by atoms with van der Waals surface area (Å²) in [4.78, 5) is 23.0. The van der Waals surface area contributed by atoms with Crippen LogP contribution in [-0.4, -0.2) is 43.6 Å². The largest absolute Gasteiger partial charge is 0.337 e. The smallest absolute Gasteiger partial charge is 0.244 e. The summed E-state index contributed by atoms with van der Waals surface area (Å²) in [6.45, 7) is 2.71. The zero-order valence-electron chi connectivity index (χ0n) is 19.2. The number of aromatic nitrogens is 4. The molecule has 1 aliphatic heterocycles. The van der Waals surface area contributed by atoms with Gasteiger partial charge in [0.25, 0.3) is 0 Å². The molecule has 1 aliphatic rings. The van der Waals surface area contributed by atoms with Crippen molar-refractivity contribution in [2.24, 2.45) is 0 Å². The van der Waals surface area contributed by atoms with Crippen LogP contribution in [0.4, 0.5) is 8.78 Å². The van der Waals surface area contributed by atoms with Crippen LogP contribution in [0, 0.1) is 18.6 Å². The number of carbonyl (C=O) groups is 1. The maximum absolute atomic E-state index is 13.8. The number of nitrogens with zero attached hydrogens (tertiary/aromatic N) is 5. The molecule has 8 heteroatoms. The fourth-order valence-electron chi connectivity index (χ4n) is 4.13. The highest BCUT2D eigenvalue weighted by Crippen LogP contribution is 2.28. The van der Waals surface area contributed by atoms with Crippen molar-refractivity contribution < 1.29 is 13.6 Å². The van der Waals surface area contributed by atoms with Gasteiger partial charge < -0.3 is 4.90 Å². The zero-order valence-corrected chi connectivity index (χ0v) is 19.2. The van der Waals surface area contributed by atoms with Gasteiger partial charge in [0.05, 0.1) is 23.8 Å². The summed E-state index contributed by atoms with van der Waals surface area (Å²) in [6.07, 6.45) is 4.78. The Labute approximate surface area is 201 Å². The lowest BCUT2D eigenvalue weighted by Gasteiger charge is -2.26. The van der Waals surface area contributed by atoms with Crippen molar-refractivity contribution in [3.63, 3.8) is 0 Å². The number of carbonyl (C=O) groups excluding carboxylic acids is 1. The fourth-order valence-corrected chi connectivity index (χ4v) is 4.13. The van der Waals surface area contributed by atoms with Crippen LogP contribution in [0.15, 0.2) is 73.1 Å². The van der Waals surface area contributed by atoms with Crippen molar-refractivity contribution in [1.82, 2.24) is 24.6 Å². The van der Waals surface area contributed by atoms with Gasteiger partial charge in [-0.3, -0.25) is 9.48 Å². The molecular formula is C27H23F2N5O. The molecule has 0 fully saturated rings. The van der Waals surface area contributed by atoms with Gasteiger partial charge in [0.15, 0.2) is 11.6 Å². The van der Waals surface area contributed by atoms with E-state index in [1.807, 2.05) is 42.5 Å². The van der Waals surface area contributed by atoms with E-state index in [0.717, 1.165) is 34.8 Å². The lowest BCUT2D eigenvalue weighted by atomic mass is 10.1. The second kappa shape index (κ2) is 9.58. The highest BCUT2D eigenvalue weighted by Gasteiger charge is 2.22. The van der Waals surface area contributed by atoms with Crippen molar-refractivity contribution in [3.8, 4) is 22.5 Å². The fraction of sp³-hybridized carbons (Fsp3) is 0.185. The molecule has 6 nitrogen and oxygen atoms in total. The molecule has 0 saturated carbocycles. The Morgan fingerprint density at radius 3 is 2.46 bits per heavy atom. The summed E-state index contributed by atoms with van der Waals surface area (Å²) >= 11 is 0. The molecule has 2 aromatic carbocycles. The summed E-state index contributed by atoms with van der Waals surface area (Å²) in [6, 6.07) is 16.5. The molecule has 5 rings (SSSR count). The van der Waals surface area contributed by atoms with Crippen molar-refractivity contribution in [2.45, 2.75) is 19.9 Å². The maximum atomic E-state index is 13.8. The molecule has 0 spiro atoms. The summed E-state index contributed by atoms with van der Waals surface area (Å²) in [5.74, 6) is -0.334. The van der Waals surface area contributed by atoms with E-state index in [0.29, 0.717) is 36.6 Å². The van der Waals surface area contributed by atoms with Gasteiger partial charge in [0.1, 0.15) is 12.4 Å². The van der Waals surface area contributed by atoms with Crippen LogP contribution in [0.2, 0.25) is 0 Å². The second-order valence-electron chi connectivity index (χ2n) is 8.45. The Morgan fingerprint density at radius 1 is 1.00 bits per heavy atom. The third-order valence-electron chi connectivity index (χ3n) is 6.06. The summed E-state index contributed by atoms with van der Waals surface area (Å²) in [5.41, 5.74) is 4.64. The number of rotatable bonds is 5. The SMILES string of the molecule is Cc1cc(-c2cc(-c3ccccc3)n(CC(=O)N3CC=C(c4ncc(F)cn4)CC3)n2)ccc1F. The van der Waals surface area contributed by atoms with Crippen LogP contribution >= 0.6 is 0 Å². The molecule has 0 bridgehead atoms. The Balaban J connectivity index is 1.39. The van der Waals surface area contributed by atoms with Gasteiger partial charge in [-0.1, -0.05) is 36.4 Å². The molecule has 0 unspecified atom stereocenters. The number of hydrogen-bond acceptors (Lipinski definition) is 4. The van der Waals surface area contributed by atoms with Gasteiger partial charge in [-0.2, -0.15) is 5.10 Å². The number of amides is 1. The molecule has 3 heterocycles. The van der Waals surface area contributed by atoms with Crippen molar-refractivity contribution in [3.05, 3.63) is 96.1 Å². The Morgan fingerprint density at radius 2 is 1.77 bits per heavy atom. The van der Waals surface area contributed by atoms with E-state index in [4.69, 9.17) is 5.10 Å². The minimum absolute atomic E-state index is 0.0672. The molecule has 0 N–H and O–H groups in total. The third kappa shape index (κ3) is 4.87. The molecule has 35 heavy (non-hydrogen) atoms. The first-order valence-corrected chi connectivity index (χ1v) is 11.3. The van der Waals surface area contributed by atoms with E-state index in [9.17, 15) is 13.6 Å². The average molecular weight is 472 g/mol. The number of benzene rings is 2. The Kier molecular flexibility index (Phi) is 6.18. The van der Waals surface area contributed by atoms with Crippen LogP contribution in [0.5, 0.6) is 0 Å². The molecule has 0 saturated heterocycles. The molecular weight excluding hydrogens is 448 g/mol. The van der Waals surface area contributed by atoms with E-state index >= 15 is 0 Å². The van der Waals surface area contributed by atoms with E-state index in [2.05, 4.69) is 9.97 Å². The van der Waals surface area contributed by atoms with Gasteiger partial charge in [0, 0.05) is 18.7 Å². The molecule has 0 aliphatic carbocycles. The molecule has 4 aromatic rings. The first-order valence-electron chi connectivity index (χ1n) is 11.3. The molecule has 2 aromatic heterocycles. The lowest BCUT2D eigenvalue weighted by Crippen LogP contribution is -2.37. The highest BCUT2D eigenvalue weighted by atomic mass is 19.1. The van der Waals surface area contributed by atoms with E-state index in [1.54, 1.807) is 28.6 Å². The van der Waals surface area contributed by atoms with Crippen LogP contribution in [0.25, 0.3) is 28.1 Å². The maximum Gasteiger partial charge on any atom is 0.244 e. The molecule has 0 atom stereocenters. The number of halogens is 2. The Bertz CT molecular complexity index is 1400. The highest BCUT2D eigenvalue weighted by molar-refractivity contribution is 5.79. The van der Waals surface area contributed by atoms with Crippen LogP contribution < -0.4 is 0 Å². The monoisotopic (exact) mass is 471 g/mol. The zero-order chi connectivity index (χ0) is 24.4. The van der Waals surface area contributed by atoms with E-state index in [-0.39, 0.29) is 18.3 Å². The minimum Gasteiger partial charge on any atom is -0.337 e. The van der Waals surface area contributed by atoms with Crippen molar-refractivity contribution in [2.75, 3.05) is 13.1 Å². The van der Waals surface area contributed by atoms with Gasteiger partial charge in [0.2, 0.25) is 5.91 Å². The predicted octanol–water partition coefficient (Wildman–Crippen LogP) is 4.91. The van der Waals surface area contributed by atoms with Crippen molar-refractivity contribution >= 4 is 11.5 Å². The number of aryl methyl sites for hydroxylation is 1. The first kappa shape index (κ1) is 22.6. The normalized spacial score (nSPS) is 13.6. The number of hydrogen-bond donors (Lipinski definition) is 0. The van der Waals surface area contributed by atoms with Crippen molar-refractivity contribution in [1.29, 1.82) is 0 Å². The van der Waals surface area contributed by atoms with Crippen LogP contribution in [-0.2, 0) is 11.3 Å². The van der Waals surface area contributed by atoms with E-state index in [1.165, 1.54) is 6.07 Å². The standard InChI is InChI=1S/C27H23F2N5O/c1-18-13-21(7-8-23(18)29)24-14-25(19-5-3-2-4-6-19)34(32-24)17-26(35)33-11-9-20(10-12-33)27-30-15-22(28)16-31-27/h2-9,13-16H,10-12,17H2,1H3. The summed E-state index contributed by atoms with van der Waals surface area (Å²) in [5, 5.41) is 4.71. The summed E-state index contributed by atoms with van der Waals surface area (Å²) in [7, 11) is 0. The summed E-state index contributed by atoms with van der Waals surface area (Å²) < 4.78 is 28.6. The van der Waals surface area contributed by atoms with Gasteiger partial charge in [-0.25, -0.2) is 18.7 Å². The minimum atomic E-state index is -0.481. The van der Waals surface area contributed by atoms with Gasteiger partial charge in [-0.05, 0) is 54.3 Å². The molecule has 1 amide bonds. The van der Waals surface area contributed by atoms with Gasteiger partial charge in [-0.15, -0.1) is 0 Å². The van der Waals surface area contributed by atoms with E-state index < -0.39 is 5.82 Å². The first-order chi connectivity index (χ1) is 17.0. The lowest BCUT2D eigenvalue weighted by molar-refractivity contribution is -0.131. The Hall–Kier alpha value is -4.20. The topological polar surface area (TPSA) is 63.9 Å². The second-order valence-corrected chi connectivity index (χ2v) is 8.45. The molecule has 0 radical (unpaired) electrons. The van der Waals surface area contributed by atoms with Gasteiger partial charge >= 0.3 is 0 Å². The quantitative estimate of drug-likeness (QED) is 0.415.